The lowest BCUT2D eigenvalue weighted by molar-refractivity contribution is -0.122. The summed E-state index contributed by atoms with van der Waals surface area (Å²) >= 11 is 0. The van der Waals surface area contributed by atoms with E-state index in [9.17, 15) is 14.7 Å². The Hall–Kier alpha value is -2.20. The number of methoxy groups -OCH3 is 2. The fourth-order valence-electron chi connectivity index (χ4n) is 3.38. The van der Waals surface area contributed by atoms with Crippen molar-refractivity contribution >= 4 is 11.7 Å². The number of aliphatic hydroxyl groups is 1. The van der Waals surface area contributed by atoms with Crippen LogP contribution < -0.4 is 14.8 Å². The molecule has 1 aromatic rings. The highest BCUT2D eigenvalue weighted by Gasteiger charge is 2.21. The third-order valence-electron chi connectivity index (χ3n) is 5.15. The number of hydrogen-bond donors (Lipinski definition) is 2. The van der Waals surface area contributed by atoms with Crippen LogP contribution in [-0.4, -0.2) is 106 Å². The van der Waals surface area contributed by atoms with Crippen LogP contribution in [0.5, 0.6) is 11.5 Å². The second-order valence-electron chi connectivity index (χ2n) is 7.66. The molecule has 1 fully saturated rings. The number of rotatable bonds is 13. The molecule has 0 spiro atoms. The van der Waals surface area contributed by atoms with Gasteiger partial charge in [0, 0.05) is 58.5 Å². The molecule has 0 aromatic heterocycles. The number of β-amino-alcohol motifs (C(OH)–C–C–N with tert-alkyl or cyclic N) is 1. The molecule has 1 aliphatic heterocycles. The molecule has 1 amide bonds. The molecule has 1 heterocycles. The van der Waals surface area contributed by atoms with Crippen LogP contribution in [0.15, 0.2) is 18.2 Å². The molecule has 1 unspecified atom stereocenters. The smallest absolute Gasteiger partial charge is 0.234 e. The van der Waals surface area contributed by atoms with Gasteiger partial charge in [0.2, 0.25) is 5.91 Å². The first-order chi connectivity index (χ1) is 14.9. The highest BCUT2D eigenvalue weighted by molar-refractivity contribution is 5.94. The van der Waals surface area contributed by atoms with Crippen LogP contribution in [0, 0.1) is 0 Å². The van der Waals surface area contributed by atoms with Gasteiger partial charge in [-0.25, -0.2) is 0 Å². The van der Waals surface area contributed by atoms with E-state index < -0.39 is 6.10 Å². The van der Waals surface area contributed by atoms with E-state index in [2.05, 4.69) is 15.1 Å². The quantitative estimate of drug-likeness (QED) is 0.338. The maximum atomic E-state index is 12.0. The van der Waals surface area contributed by atoms with Gasteiger partial charge in [0.15, 0.2) is 17.3 Å². The van der Waals surface area contributed by atoms with E-state index in [1.54, 1.807) is 25.3 Å². The lowest BCUT2D eigenvalue weighted by Gasteiger charge is -2.35. The zero-order valence-corrected chi connectivity index (χ0v) is 18.8. The van der Waals surface area contributed by atoms with Crippen LogP contribution in [0.25, 0.3) is 0 Å². The van der Waals surface area contributed by atoms with Gasteiger partial charge in [-0.2, -0.15) is 0 Å². The van der Waals surface area contributed by atoms with Gasteiger partial charge in [0.1, 0.15) is 12.7 Å². The summed E-state index contributed by atoms with van der Waals surface area (Å²) in [6.07, 6.45) is 0.149. The van der Waals surface area contributed by atoms with Crippen LogP contribution in [0.1, 0.15) is 23.7 Å². The monoisotopic (exact) mass is 437 g/mol. The Labute approximate surface area is 184 Å². The predicted molar refractivity (Wildman–Crippen MR) is 117 cm³/mol. The third kappa shape index (κ3) is 8.82. The van der Waals surface area contributed by atoms with Crippen LogP contribution in [0.2, 0.25) is 0 Å². The molecule has 0 aliphatic carbocycles. The van der Waals surface area contributed by atoms with E-state index in [-0.39, 0.29) is 18.3 Å². The molecule has 31 heavy (non-hydrogen) atoms. The highest BCUT2D eigenvalue weighted by atomic mass is 16.5. The van der Waals surface area contributed by atoms with Gasteiger partial charge in [-0.1, -0.05) is 0 Å². The number of ketones is 1. The van der Waals surface area contributed by atoms with Gasteiger partial charge in [-0.05, 0) is 31.5 Å². The third-order valence-corrected chi connectivity index (χ3v) is 5.15. The Morgan fingerprint density at radius 3 is 2.48 bits per heavy atom. The minimum Gasteiger partial charge on any atom is -0.493 e. The van der Waals surface area contributed by atoms with Gasteiger partial charge in [-0.15, -0.1) is 0 Å². The lowest BCUT2D eigenvalue weighted by atomic mass is 10.1. The SMILES string of the molecule is COCCCNC(=O)CN1CCN(CC(O)COc2ccc(C(C)=O)cc2OC)CC1. The van der Waals surface area contributed by atoms with Crippen molar-refractivity contribution in [3.8, 4) is 11.5 Å². The Bertz CT molecular complexity index is 706. The second kappa shape index (κ2) is 13.3. The minimum absolute atomic E-state index is 0.0303. The Balaban J connectivity index is 1.68. The standard InChI is InChI=1S/C22H35N3O6/c1-17(26)18-5-6-20(21(13-18)30-3)31-16-19(27)14-24-8-10-25(11-9-24)15-22(28)23-7-4-12-29-2/h5-6,13,19,27H,4,7-12,14-16H2,1-3H3,(H,23,28). The number of carbonyl (C=O) groups excluding carboxylic acids is 2. The van der Waals surface area contributed by atoms with Crippen molar-refractivity contribution in [1.82, 2.24) is 15.1 Å². The Morgan fingerprint density at radius 2 is 1.84 bits per heavy atom. The van der Waals surface area contributed by atoms with E-state index in [4.69, 9.17) is 14.2 Å². The topological polar surface area (TPSA) is 101 Å². The van der Waals surface area contributed by atoms with E-state index >= 15 is 0 Å². The molecule has 1 atom stereocenters. The van der Waals surface area contributed by atoms with Crippen LogP contribution in [0.3, 0.4) is 0 Å². The normalized spacial score (nSPS) is 16.0. The van der Waals surface area contributed by atoms with E-state index in [1.807, 2.05) is 0 Å². The van der Waals surface area contributed by atoms with Gasteiger partial charge >= 0.3 is 0 Å². The molecule has 0 saturated carbocycles. The number of Topliss-reactive ketones (excluding diaryl/α,β-unsaturated/α-hetero) is 1. The average molecular weight is 438 g/mol. The Kier molecular flexibility index (Phi) is 10.7. The zero-order chi connectivity index (χ0) is 22.6. The Morgan fingerprint density at radius 1 is 1.13 bits per heavy atom. The zero-order valence-electron chi connectivity index (χ0n) is 18.8. The minimum atomic E-state index is -0.659. The lowest BCUT2D eigenvalue weighted by Crippen LogP contribution is -2.51. The predicted octanol–water partition coefficient (Wildman–Crippen LogP) is 0.408. The number of piperazine rings is 1. The second-order valence-corrected chi connectivity index (χ2v) is 7.66. The number of carbonyl (C=O) groups is 2. The number of nitrogens with zero attached hydrogens (tertiary/aromatic N) is 2. The van der Waals surface area contributed by atoms with Crippen LogP contribution in [0.4, 0.5) is 0 Å². The van der Waals surface area contributed by atoms with Crippen LogP contribution >= 0.6 is 0 Å². The van der Waals surface area contributed by atoms with Crippen molar-refractivity contribution in [3.63, 3.8) is 0 Å². The van der Waals surface area contributed by atoms with E-state index in [1.165, 1.54) is 14.0 Å². The first-order valence-electron chi connectivity index (χ1n) is 10.6. The molecule has 9 nitrogen and oxygen atoms in total. The number of benzene rings is 1. The number of hydrogen-bond acceptors (Lipinski definition) is 8. The maximum absolute atomic E-state index is 12.0. The largest absolute Gasteiger partial charge is 0.493 e. The molecular formula is C22H35N3O6. The average Bonchev–Trinajstić information content (AvgIpc) is 2.76. The highest BCUT2D eigenvalue weighted by Crippen LogP contribution is 2.28. The summed E-state index contributed by atoms with van der Waals surface area (Å²) in [5.74, 6) is 0.942. The molecule has 174 valence electrons. The molecule has 1 aromatic carbocycles. The summed E-state index contributed by atoms with van der Waals surface area (Å²) in [6, 6.07) is 5.00. The van der Waals surface area contributed by atoms with E-state index in [0.717, 1.165) is 32.6 Å². The van der Waals surface area contributed by atoms with Crippen molar-refractivity contribution in [2.45, 2.75) is 19.4 Å². The summed E-state index contributed by atoms with van der Waals surface area (Å²) < 4.78 is 16.0. The molecule has 9 heteroatoms. The molecular weight excluding hydrogens is 402 g/mol. The summed E-state index contributed by atoms with van der Waals surface area (Å²) in [7, 11) is 3.16. The molecule has 2 N–H and O–H groups in total. The van der Waals surface area contributed by atoms with Gasteiger partial charge < -0.3 is 24.6 Å². The van der Waals surface area contributed by atoms with E-state index in [0.29, 0.717) is 43.3 Å². The first-order valence-corrected chi connectivity index (χ1v) is 10.6. The maximum Gasteiger partial charge on any atom is 0.234 e. The van der Waals surface area contributed by atoms with Crippen molar-refractivity contribution in [2.75, 3.05) is 73.2 Å². The molecule has 1 aliphatic rings. The van der Waals surface area contributed by atoms with Gasteiger partial charge in [0.25, 0.3) is 0 Å². The molecule has 0 bridgehead atoms. The summed E-state index contributed by atoms with van der Waals surface area (Å²) in [6.45, 7) is 6.89. The van der Waals surface area contributed by atoms with Crippen LogP contribution in [-0.2, 0) is 9.53 Å². The molecule has 2 rings (SSSR count). The number of aliphatic hydroxyl groups excluding tert-OH is 1. The fraction of sp³-hybridized carbons (Fsp3) is 0.636. The summed E-state index contributed by atoms with van der Waals surface area (Å²) in [5.41, 5.74) is 0.547. The van der Waals surface area contributed by atoms with Crippen molar-refractivity contribution in [2.24, 2.45) is 0 Å². The van der Waals surface area contributed by atoms with Gasteiger partial charge in [0.05, 0.1) is 13.7 Å². The summed E-state index contributed by atoms with van der Waals surface area (Å²) in [4.78, 5) is 27.7. The number of nitrogens with one attached hydrogen (secondary N) is 1. The van der Waals surface area contributed by atoms with Crippen molar-refractivity contribution in [1.29, 1.82) is 0 Å². The number of ether oxygens (including phenoxy) is 3. The first kappa shape index (κ1) is 25.1. The summed E-state index contributed by atoms with van der Waals surface area (Å²) in [5, 5.41) is 13.3. The molecule has 1 saturated heterocycles. The van der Waals surface area contributed by atoms with Crippen molar-refractivity contribution < 1.29 is 28.9 Å². The number of amides is 1. The molecule has 0 radical (unpaired) electrons. The van der Waals surface area contributed by atoms with Crippen molar-refractivity contribution in [3.05, 3.63) is 23.8 Å². The fourth-order valence-corrected chi connectivity index (χ4v) is 3.38. The van der Waals surface area contributed by atoms with Gasteiger partial charge in [-0.3, -0.25) is 19.4 Å².